The lowest BCUT2D eigenvalue weighted by Gasteiger charge is -2.09. The molecular weight excluding hydrogens is 250 g/mol. The van der Waals surface area contributed by atoms with Gasteiger partial charge < -0.3 is 20.6 Å². The fourth-order valence-corrected chi connectivity index (χ4v) is 1.70. The Kier molecular flexibility index (Phi) is 3.98. The van der Waals surface area contributed by atoms with Gasteiger partial charge in [0.1, 0.15) is 6.04 Å². The van der Waals surface area contributed by atoms with Crippen LogP contribution in [0.3, 0.4) is 0 Å². The second kappa shape index (κ2) is 5.68. The molecule has 102 valence electrons. The standard InChI is InChI=1S/C12H15N3O4/c13-8(6-16)11(17)14-4-3-7-1-2-10-9(5-7)15-12(18)19-10/h1-2,5,8,16H,3-4,6,13H2,(H,14,17)(H,15,18). The third-order valence-corrected chi connectivity index (χ3v) is 2.73. The Hall–Kier alpha value is -2.12. The SMILES string of the molecule is NC(CO)C(=O)NCCc1ccc2oc(=O)[nH]c2c1. The van der Waals surface area contributed by atoms with E-state index in [0.29, 0.717) is 24.1 Å². The van der Waals surface area contributed by atoms with Crippen LogP contribution in [0.15, 0.2) is 27.4 Å². The molecule has 7 heteroatoms. The number of aromatic nitrogens is 1. The van der Waals surface area contributed by atoms with Gasteiger partial charge >= 0.3 is 5.76 Å². The van der Waals surface area contributed by atoms with Gasteiger partial charge in [-0.1, -0.05) is 6.07 Å². The average Bonchev–Trinajstić information content (AvgIpc) is 2.77. The number of hydrogen-bond donors (Lipinski definition) is 4. The van der Waals surface area contributed by atoms with Crippen LogP contribution >= 0.6 is 0 Å². The van der Waals surface area contributed by atoms with Crippen molar-refractivity contribution >= 4 is 17.0 Å². The summed E-state index contributed by atoms with van der Waals surface area (Å²) in [6, 6.07) is 4.41. The third-order valence-electron chi connectivity index (χ3n) is 2.73. The summed E-state index contributed by atoms with van der Waals surface area (Å²) in [7, 11) is 0. The normalized spacial score (nSPS) is 12.5. The van der Waals surface area contributed by atoms with Gasteiger partial charge in [-0.05, 0) is 24.1 Å². The van der Waals surface area contributed by atoms with E-state index in [-0.39, 0.29) is 12.5 Å². The lowest BCUT2D eigenvalue weighted by Crippen LogP contribution is -2.43. The van der Waals surface area contributed by atoms with Crippen molar-refractivity contribution in [3.8, 4) is 0 Å². The molecule has 0 fully saturated rings. The van der Waals surface area contributed by atoms with Gasteiger partial charge in [0.15, 0.2) is 5.58 Å². The van der Waals surface area contributed by atoms with Gasteiger partial charge in [0.2, 0.25) is 5.91 Å². The Morgan fingerprint density at radius 3 is 3.05 bits per heavy atom. The first kappa shape index (κ1) is 13.3. The van der Waals surface area contributed by atoms with E-state index in [1.54, 1.807) is 12.1 Å². The van der Waals surface area contributed by atoms with Crippen molar-refractivity contribution in [1.29, 1.82) is 0 Å². The van der Waals surface area contributed by atoms with Crippen LogP contribution in [0.5, 0.6) is 0 Å². The number of aliphatic hydroxyl groups is 1. The maximum Gasteiger partial charge on any atom is 0.417 e. The van der Waals surface area contributed by atoms with Crippen LogP contribution in [0.4, 0.5) is 0 Å². The van der Waals surface area contributed by atoms with Crippen molar-refractivity contribution in [3.63, 3.8) is 0 Å². The van der Waals surface area contributed by atoms with Crippen LogP contribution in [0.1, 0.15) is 5.56 Å². The largest absolute Gasteiger partial charge is 0.417 e. The molecule has 0 saturated heterocycles. The van der Waals surface area contributed by atoms with Gasteiger partial charge in [-0.3, -0.25) is 9.78 Å². The number of fused-ring (bicyclic) bond motifs is 1. The van der Waals surface area contributed by atoms with E-state index in [0.717, 1.165) is 5.56 Å². The highest BCUT2D eigenvalue weighted by Crippen LogP contribution is 2.12. The summed E-state index contributed by atoms with van der Waals surface area (Å²) in [4.78, 5) is 24.9. The highest BCUT2D eigenvalue weighted by Gasteiger charge is 2.10. The molecule has 0 aliphatic heterocycles. The van der Waals surface area contributed by atoms with Crippen LogP contribution in [0.25, 0.3) is 11.1 Å². The molecule has 1 aromatic carbocycles. The van der Waals surface area contributed by atoms with Crippen molar-refractivity contribution in [3.05, 3.63) is 34.3 Å². The Labute approximate surface area is 108 Å². The lowest BCUT2D eigenvalue weighted by atomic mass is 10.1. The van der Waals surface area contributed by atoms with Crippen molar-refractivity contribution < 1.29 is 14.3 Å². The van der Waals surface area contributed by atoms with Gasteiger partial charge in [-0.15, -0.1) is 0 Å². The van der Waals surface area contributed by atoms with E-state index in [1.807, 2.05) is 6.07 Å². The Bertz CT molecular complexity index is 631. The van der Waals surface area contributed by atoms with Gasteiger partial charge in [0, 0.05) is 6.54 Å². The molecule has 0 radical (unpaired) electrons. The highest BCUT2D eigenvalue weighted by molar-refractivity contribution is 5.81. The number of aromatic amines is 1. The van der Waals surface area contributed by atoms with Gasteiger partial charge in [0.25, 0.3) is 0 Å². The number of benzene rings is 1. The minimum absolute atomic E-state index is 0.381. The van der Waals surface area contributed by atoms with Crippen molar-refractivity contribution in [2.75, 3.05) is 13.2 Å². The molecule has 2 rings (SSSR count). The van der Waals surface area contributed by atoms with Gasteiger partial charge in [0.05, 0.1) is 12.1 Å². The zero-order valence-electron chi connectivity index (χ0n) is 10.2. The molecule has 7 nitrogen and oxygen atoms in total. The predicted molar refractivity (Wildman–Crippen MR) is 68.6 cm³/mol. The van der Waals surface area contributed by atoms with Crippen molar-refractivity contribution in [2.45, 2.75) is 12.5 Å². The smallest absolute Gasteiger partial charge is 0.408 e. The number of nitrogens with one attached hydrogen (secondary N) is 2. The first-order valence-electron chi connectivity index (χ1n) is 5.86. The molecule has 1 unspecified atom stereocenters. The first-order valence-corrected chi connectivity index (χ1v) is 5.86. The molecule has 1 amide bonds. The van der Waals surface area contributed by atoms with Crippen molar-refractivity contribution in [1.82, 2.24) is 10.3 Å². The zero-order chi connectivity index (χ0) is 13.8. The lowest BCUT2D eigenvalue weighted by molar-refractivity contribution is -0.123. The van der Waals surface area contributed by atoms with E-state index in [9.17, 15) is 9.59 Å². The molecule has 0 aliphatic carbocycles. The number of oxazole rings is 1. The summed E-state index contributed by atoms with van der Waals surface area (Å²) in [6.45, 7) is 0.0220. The highest BCUT2D eigenvalue weighted by atomic mass is 16.4. The summed E-state index contributed by atoms with van der Waals surface area (Å²) in [5.74, 6) is -0.880. The fraction of sp³-hybridized carbons (Fsp3) is 0.333. The molecule has 1 heterocycles. The van der Waals surface area contributed by atoms with E-state index in [1.165, 1.54) is 0 Å². The van der Waals surface area contributed by atoms with Crippen LogP contribution in [0, 0.1) is 0 Å². The Balaban J connectivity index is 1.94. The van der Waals surface area contributed by atoms with Crippen molar-refractivity contribution in [2.24, 2.45) is 5.73 Å². The van der Waals surface area contributed by atoms with Crippen LogP contribution in [-0.4, -0.2) is 35.2 Å². The predicted octanol–water partition coefficient (Wildman–Crippen LogP) is -0.901. The molecule has 0 bridgehead atoms. The molecular formula is C12H15N3O4. The molecule has 1 aromatic heterocycles. The number of H-pyrrole nitrogens is 1. The number of hydrogen-bond acceptors (Lipinski definition) is 5. The van der Waals surface area contributed by atoms with Crippen LogP contribution < -0.4 is 16.8 Å². The number of carbonyl (C=O) groups is 1. The maximum atomic E-state index is 11.3. The fourth-order valence-electron chi connectivity index (χ4n) is 1.70. The van der Waals surface area contributed by atoms with E-state index in [2.05, 4.69) is 10.3 Å². The second-order valence-electron chi connectivity index (χ2n) is 4.18. The molecule has 5 N–H and O–H groups in total. The molecule has 1 atom stereocenters. The summed E-state index contributed by atoms with van der Waals surface area (Å²) in [5.41, 5.74) is 7.43. The van der Waals surface area contributed by atoms with E-state index >= 15 is 0 Å². The Morgan fingerprint density at radius 2 is 2.32 bits per heavy atom. The monoisotopic (exact) mass is 265 g/mol. The molecule has 0 saturated carbocycles. The molecule has 0 aliphatic rings. The second-order valence-corrected chi connectivity index (χ2v) is 4.18. The van der Waals surface area contributed by atoms with Gasteiger partial charge in [-0.2, -0.15) is 0 Å². The summed E-state index contributed by atoms with van der Waals surface area (Å²) in [5, 5.41) is 11.3. The topological polar surface area (TPSA) is 121 Å². The zero-order valence-corrected chi connectivity index (χ0v) is 10.2. The van der Waals surface area contributed by atoms with Crippen LogP contribution in [0.2, 0.25) is 0 Å². The minimum Gasteiger partial charge on any atom is -0.408 e. The number of carbonyl (C=O) groups excluding carboxylic acids is 1. The van der Waals surface area contributed by atoms with Crippen LogP contribution in [-0.2, 0) is 11.2 Å². The average molecular weight is 265 g/mol. The number of nitrogens with two attached hydrogens (primary N) is 1. The first-order chi connectivity index (χ1) is 9.10. The number of rotatable bonds is 5. The van der Waals surface area contributed by atoms with E-state index < -0.39 is 11.8 Å². The van der Waals surface area contributed by atoms with Gasteiger partial charge in [-0.25, -0.2) is 4.79 Å². The number of amides is 1. The summed E-state index contributed by atoms with van der Waals surface area (Å²) < 4.78 is 4.89. The molecule has 19 heavy (non-hydrogen) atoms. The summed E-state index contributed by atoms with van der Waals surface area (Å²) in [6.07, 6.45) is 0.590. The maximum absolute atomic E-state index is 11.3. The third kappa shape index (κ3) is 3.21. The number of aliphatic hydroxyl groups excluding tert-OH is 1. The molecule has 2 aromatic rings. The minimum atomic E-state index is -0.896. The quantitative estimate of drug-likeness (QED) is 0.558. The van der Waals surface area contributed by atoms with E-state index in [4.69, 9.17) is 15.3 Å². The summed E-state index contributed by atoms with van der Waals surface area (Å²) >= 11 is 0. The molecule has 0 spiro atoms. The Morgan fingerprint density at radius 1 is 1.53 bits per heavy atom.